The van der Waals surface area contributed by atoms with Crippen LogP contribution in [0.25, 0.3) is 0 Å². The Balaban J connectivity index is 1.83. The molecule has 0 bridgehead atoms. The number of urea groups is 1. The molecule has 1 unspecified atom stereocenters. The van der Waals surface area contributed by atoms with E-state index in [4.69, 9.17) is 0 Å². The van der Waals surface area contributed by atoms with E-state index in [-0.39, 0.29) is 18.5 Å². The first-order valence-electron chi connectivity index (χ1n) is 6.37. The highest BCUT2D eigenvalue weighted by atomic mass is 79.9. The number of alkyl halides is 1. The number of halogens is 1. The van der Waals surface area contributed by atoms with Gasteiger partial charge in [-0.2, -0.15) is 0 Å². The molecule has 4 nitrogen and oxygen atoms in total. The van der Waals surface area contributed by atoms with Gasteiger partial charge in [-0.25, -0.2) is 4.79 Å². The standard InChI is InChI=1S/C14H17BrN2O2/c15-9-12(8-11-4-2-1-3-5-11)6-7-17-10-13(18)16-14(17)19/h1-5,12H,6-10H2,(H,16,18,19). The van der Waals surface area contributed by atoms with Crippen LogP contribution in [0.5, 0.6) is 0 Å². The molecule has 2 rings (SSSR count). The van der Waals surface area contributed by atoms with E-state index in [2.05, 4.69) is 33.4 Å². The van der Waals surface area contributed by atoms with Gasteiger partial charge < -0.3 is 4.90 Å². The second kappa shape index (κ2) is 6.70. The van der Waals surface area contributed by atoms with Crippen LogP contribution in [0.1, 0.15) is 12.0 Å². The fourth-order valence-electron chi connectivity index (χ4n) is 2.18. The third-order valence-corrected chi connectivity index (χ3v) is 4.18. The molecule has 3 amide bonds. The molecule has 1 atom stereocenters. The quantitative estimate of drug-likeness (QED) is 0.644. The summed E-state index contributed by atoms with van der Waals surface area (Å²) in [6.45, 7) is 0.819. The molecular formula is C14H17BrN2O2. The van der Waals surface area contributed by atoms with E-state index in [0.29, 0.717) is 12.5 Å². The summed E-state index contributed by atoms with van der Waals surface area (Å²) >= 11 is 3.52. The minimum absolute atomic E-state index is 0.194. The van der Waals surface area contributed by atoms with Gasteiger partial charge in [0.05, 0.1) is 0 Å². The number of carbonyl (C=O) groups excluding carboxylic acids is 2. The summed E-state index contributed by atoms with van der Waals surface area (Å²) in [6, 6.07) is 10.0. The minimum Gasteiger partial charge on any atom is -0.315 e. The third kappa shape index (κ3) is 4.06. The van der Waals surface area contributed by atoms with E-state index in [1.165, 1.54) is 5.56 Å². The van der Waals surface area contributed by atoms with Crippen molar-refractivity contribution in [2.24, 2.45) is 5.92 Å². The van der Waals surface area contributed by atoms with Crippen molar-refractivity contribution in [3.05, 3.63) is 35.9 Å². The fraction of sp³-hybridized carbons (Fsp3) is 0.429. The summed E-state index contributed by atoms with van der Waals surface area (Å²) in [7, 11) is 0. The number of imide groups is 1. The summed E-state index contributed by atoms with van der Waals surface area (Å²) in [4.78, 5) is 24.1. The van der Waals surface area contributed by atoms with Crippen molar-refractivity contribution in [3.63, 3.8) is 0 Å². The molecule has 1 aromatic rings. The molecule has 1 aliphatic heterocycles. The van der Waals surface area contributed by atoms with Gasteiger partial charge in [-0.1, -0.05) is 46.3 Å². The molecule has 102 valence electrons. The van der Waals surface area contributed by atoms with E-state index < -0.39 is 0 Å². The van der Waals surface area contributed by atoms with Crippen molar-refractivity contribution in [3.8, 4) is 0 Å². The Morgan fingerprint density at radius 2 is 2.00 bits per heavy atom. The molecule has 1 heterocycles. The molecule has 0 saturated carbocycles. The van der Waals surface area contributed by atoms with Crippen LogP contribution in [0.4, 0.5) is 4.79 Å². The Morgan fingerprint density at radius 3 is 2.58 bits per heavy atom. The minimum atomic E-state index is -0.266. The summed E-state index contributed by atoms with van der Waals surface area (Å²) in [5.74, 6) is 0.259. The molecule has 0 aliphatic carbocycles. The average Bonchev–Trinajstić information content (AvgIpc) is 2.74. The molecule has 1 aliphatic rings. The number of nitrogens with zero attached hydrogens (tertiary/aromatic N) is 1. The van der Waals surface area contributed by atoms with Crippen LogP contribution in [0.3, 0.4) is 0 Å². The zero-order chi connectivity index (χ0) is 13.7. The van der Waals surface area contributed by atoms with E-state index in [1.807, 2.05) is 18.2 Å². The van der Waals surface area contributed by atoms with Crippen molar-refractivity contribution in [1.82, 2.24) is 10.2 Å². The van der Waals surface area contributed by atoms with Crippen LogP contribution in [-0.4, -0.2) is 35.3 Å². The number of hydrogen-bond donors (Lipinski definition) is 1. The van der Waals surface area contributed by atoms with Crippen LogP contribution in [0.2, 0.25) is 0 Å². The lowest BCUT2D eigenvalue weighted by molar-refractivity contribution is -0.118. The molecule has 0 spiro atoms. The lowest BCUT2D eigenvalue weighted by Gasteiger charge is -2.18. The molecule has 0 radical (unpaired) electrons. The molecule has 0 aromatic heterocycles. The third-order valence-electron chi connectivity index (χ3n) is 3.26. The number of benzene rings is 1. The van der Waals surface area contributed by atoms with Crippen molar-refractivity contribution in [1.29, 1.82) is 0 Å². The van der Waals surface area contributed by atoms with Gasteiger partial charge in [0.15, 0.2) is 0 Å². The topological polar surface area (TPSA) is 49.4 Å². The average molecular weight is 325 g/mol. The first-order chi connectivity index (χ1) is 9.19. The lowest BCUT2D eigenvalue weighted by Crippen LogP contribution is -2.30. The van der Waals surface area contributed by atoms with Crippen LogP contribution >= 0.6 is 15.9 Å². The molecule has 1 saturated heterocycles. The second-order valence-electron chi connectivity index (χ2n) is 4.77. The highest BCUT2D eigenvalue weighted by molar-refractivity contribution is 9.09. The second-order valence-corrected chi connectivity index (χ2v) is 5.42. The maximum Gasteiger partial charge on any atom is 0.324 e. The highest BCUT2D eigenvalue weighted by Crippen LogP contribution is 2.16. The monoisotopic (exact) mass is 324 g/mol. The Kier molecular flexibility index (Phi) is 4.96. The summed E-state index contributed by atoms with van der Waals surface area (Å²) < 4.78 is 0. The summed E-state index contributed by atoms with van der Waals surface area (Å²) in [6.07, 6.45) is 1.87. The van der Waals surface area contributed by atoms with Crippen LogP contribution < -0.4 is 5.32 Å². The van der Waals surface area contributed by atoms with E-state index in [1.54, 1.807) is 4.90 Å². The normalized spacial score (nSPS) is 16.6. The Hall–Kier alpha value is -1.36. The number of carbonyl (C=O) groups is 2. The maximum atomic E-state index is 11.4. The van der Waals surface area contributed by atoms with Crippen molar-refractivity contribution in [2.75, 3.05) is 18.4 Å². The number of hydrogen-bond acceptors (Lipinski definition) is 2. The van der Waals surface area contributed by atoms with Gasteiger partial charge in [-0.3, -0.25) is 10.1 Å². The highest BCUT2D eigenvalue weighted by Gasteiger charge is 2.26. The van der Waals surface area contributed by atoms with Crippen molar-refractivity contribution < 1.29 is 9.59 Å². The van der Waals surface area contributed by atoms with Gasteiger partial charge in [0, 0.05) is 11.9 Å². The Morgan fingerprint density at radius 1 is 1.26 bits per heavy atom. The summed E-state index contributed by atoms with van der Waals surface area (Å²) in [5, 5.41) is 3.19. The predicted octanol–water partition coefficient (Wildman–Crippen LogP) is 2.18. The van der Waals surface area contributed by atoms with Gasteiger partial charge in [0.2, 0.25) is 5.91 Å². The van der Waals surface area contributed by atoms with Gasteiger partial charge in [-0.05, 0) is 24.3 Å². The largest absolute Gasteiger partial charge is 0.324 e. The van der Waals surface area contributed by atoms with Gasteiger partial charge in [0.25, 0.3) is 0 Å². The Labute approximate surface area is 121 Å². The van der Waals surface area contributed by atoms with Crippen molar-refractivity contribution in [2.45, 2.75) is 12.8 Å². The maximum absolute atomic E-state index is 11.4. The van der Waals surface area contributed by atoms with E-state index in [0.717, 1.165) is 18.2 Å². The van der Waals surface area contributed by atoms with Crippen molar-refractivity contribution >= 4 is 27.9 Å². The SMILES string of the molecule is O=C1CN(CCC(CBr)Cc2ccccc2)C(=O)N1. The zero-order valence-corrected chi connectivity index (χ0v) is 12.2. The van der Waals surface area contributed by atoms with Gasteiger partial charge >= 0.3 is 6.03 Å². The number of nitrogens with one attached hydrogen (secondary N) is 1. The number of amides is 3. The van der Waals surface area contributed by atoms with Gasteiger partial charge in [0.1, 0.15) is 6.54 Å². The van der Waals surface area contributed by atoms with Crippen LogP contribution in [0.15, 0.2) is 30.3 Å². The smallest absolute Gasteiger partial charge is 0.315 e. The first kappa shape index (κ1) is 14.1. The molecular weight excluding hydrogens is 308 g/mol. The Bertz CT molecular complexity index is 450. The lowest BCUT2D eigenvalue weighted by atomic mass is 9.98. The van der Waals surface area contributed by atoms with E-state index >= 15 is 0 Å². The molecule has 5 heteroatoms. The first-order valence-corrected chi connectivity index (χ1v) is 7.50. The molecule has 1 aromatic carbocycles. The van der Waals surface area contributed by atoms with E-state index in [9.17, 15) is 9.59 Å². The molecule has 1 fully saturated rings. The fourth-order valence-corrected chi connectivity index (χ4v) is 2.74. The summed E-state index contributed by atoms with van der Waals surface area (Å²) in [5.41, 5.74) is 1.30. The van der Waals surface area contributed by atoms with Gasteiger partial charge in [-0.15, -0.1) is 0 Å². The van der Waals surface area contributed by atoms with Crippen LogP contribution in [-0.2, 0) is 11.2 Å². The van der Waals surface area contributed by atoms with Crippen LogP contribution in [0, 0.1) is 5.92 Å². The zero-order valence-electron chi connectivity index (χ0n) is 10.6. The number of rotatable bonds is 6. The molecule has 19 heavy (non-hydrogen) atoms. The molecule has 1 N–H and O–H groups in total. The predicted molar refractivity (Wildman–Crippen MR) is 77.2 cm³/mol.